The van der Waals surface area contributed by atoms with Crippen LogP contribution in [0.15, 0.2) is 18.2 Å². The van der Waals surface area contributed by atoms with Gasteiger partial charge in [-0.3, -0.25) is 4.79 Å². The Morgan fingerprint density at radius 3 is 2.88 bits per heavy atom. The van der Waals surface area contributed by atoms with E-state index in [1.54, 1.807) is 0 Å². The molecule has 0 bridgehead atoms. The fourth-order valence-electron chi connectivity index (χ4n) is 2.68. The van der Waals surface area contributed by atoms with Crippen LogP contribution < -0.4 is 15.4 Å². The first-order chi connectivity index (χ1) is 11.2. The summed E-state index contributed by atoms with van der Waals surface area (Å²) in [6.07, 6.45) is 3.18. The lowest BCUT2D eigenvalue weighted by atomic mass is 10.0. The minimum absolute atomic E-state index is 0. The Labute approximate surface area is 150 Å². The van der Waals surface area contributed by atoms with Crippen LogP contribution in [0.3, 0.4) is 0 Å². The Morgan fingerprint density at radius 1 is 1.33 bits per heavy atom. The minimum atomic E-state index is -0.0588. The van der Waals surface area contributed by atoms with Crippen molar-refractivity contribution in [1.82, 2.24) is 10.6 Å². The van der Waals surface area contributed by atoms with E-state index in [2.05, 4.69) is 10.6 Å². The third-order valence-electron chi connectivity index (χ3n) is 3.99. The van der Waals surface area contributed by atoms with Crippen LogP contribution in [0.4, 0.5) is 0 Å². The van der Waals surface area contributed by atoms with E-state index in [0.29, 0.717) is 26.4 Å². The standard InChI is InChI=1S/C18H28N2O3.ClH/c1-3-22-10-11-23-17-12-14(2)7-8-15(17)13-20-18(21)16-6-4-5-9-19-16;/h7-8,12,16,19H,3-6,9-11,13H2,1-2H3,(H,20,21);1H. The number of piperidine rings is 1. The lowest BCUT2D eigenvalue weighted by Crippen LogP contribution is -2.46. The Bertz CT molecular complexity index is 505. The van der Waals surface area contributed by atoms with Gasteiger partial charge in [-0.1, -0.05) is 18.6 Å². The molecular formula is C18H29ClN2O3. The minimum Gasteiger partial charge on any atom is -0.491 e. The highest BCUT2D eigenvalue weighted by Gasteiger charge is 2.20. The maximum Gasteiger partial charge on any atom is 0.237 e. The van der Waals surface area contributed by atoms with Gasteiger partial charge in [0, 0.05) is 18.7 Å². The molecule has 0 aromatic heterocycles. The second-order valence-electron chi connectivity index (χ2n) is 5.88. The molecular weight excluding hydrogens is 328 g/mol. The maximum absolute atomic E-state index is 12.2. The lowest BCUT2D eigenvalue weighted by molar-refractivity contribution is -0.123. The van der Waals surface area contributed by atoms with Crippen molar-refractivity contribution in [2.75, 3.05) is 26.4 Å². The number of hydrogen-bond acceptors (Lipinski definition) is 4. The Hall–Kier alpha value is -1.30. The molecule has 1 heterocycles. The van der Waals surface area contributed by atoms with Crippen LogP contribution in [0.25, 0.3) is 0 Å². The van der Waals surface area contributed by atoms with Crippen molar-refractivity contribution >= 4 is 18.3 Å². The topological polar surface area (TPSA) is 59.6 Å². The molecule has 0 saturated carbocycles. The summed E-state index contributed by atoms with van der Waals surface area (Å²) in [7, 11) is 0. The number of ether oxygens (including phenoxy) is 2. The van der Waals surface area contributed by atoms with Gasteiger partial charge < -0.3 is 20.1 Å². The SMILES string of the molecule is CCOCCOc1cc(C)ccc1CNC(=O)C1CCCCN1.Cl. The largest absolute Gasteiger partial charge is 0.491 e. The number of carbonyl (C=O) groups is 1. The molecule has 5 nitrogen and oxygen atoms in total. The van der Waals surface area contributed by atoms with Crippen LogP contribution in [0, 0.1) is 6.92 Å². The molecule has 2 N–H and O–H groups in total. The van der Waals surface area contributed by atoms with Crippen LogP contribution in [-0.2, 0) is 16.1 Å². The number of hydrogen-bond donors (Lipinski definition) is 2. The summed E-state index contributed by atoms with van der Waals surface area (Å²) < 4.78 is 11.1. The number of rotatable bonds is 8. The molecule has 1 amide bonds. The maximum atomic E-state index is 12.2. The van der Waals surface area contributed by atoms with Crippen molar-refractivity contribution in [2.24, 2.45) is 0 Å². The summed E-state index contributed by atoms with van der Waals surface area (Å²) >= 11 is 0. The quantitative estimate of drug-likeness (QED) is 0.703. The molecule has 1 aromatic rings. The molecule has 1 aromatic carbocycles. The van der Waals surface area contributed by atoms with Crippen molar-refractivity contribution in [3.8, 4) is 5.75 Å². The zero-order chi connectivity index (χ0) is 16.5. The van der Waals surface area contributed by atoms with E-state index in [1.807, 2.05) is 32.0 Å². The van der Waals surface area contributed by atoms with Gasteiger partial charge in [-0.25, -0.2) is 0 Å². The van der Waals surface area contributed by atoms with Gasteiger partial charge in [0.25, 0.3) is 0 Å². The highest BCUT2D eigenvalue weighted by Crippen LogP contribution is 2.20. The first-order valence-electron chi connectivity index (χ1n) is 8.52. The molecule has 1 aliphatic rings. The van der Waals surface area contributed by atoms with Crippen molar-refractivity contribution < 1.29 is 14.3 Å². The summed E-state index contributed by atoms with van der Waals surface area (Å²) in [5, 5.41) is 6.28. The van der Waals surface area contributed by atoms with Crippen LogP contribution in [0.5, 0.6) is 5.75 Å². The summed E-state index contributed by atoms with van der Waals surface area (Å²) in [6, 6.07) is 6.00. The van der Waals surface area contributed by atoms with Crippen LogP contribution in [-0.4, -0.2) is 38.3 Å². The van der Waals surface area contributed by atoms with Crippen LogP contribution in [0.2, 0.25) is 0 Å². The lowest BCUT2D eigenvalue weighted by Gasteiger charge is -2.22. The number of aryl methyl sites for hydroxylation is 1. The highest BCUT2D eigenvalue weighted by molar-refractivity contribution is 5.85. The van der Waals surface area contributed by atoms with E-state index < -0.39 is 0 Å². The van der Waals surface area contributed by atoms with E-state index in [4.69, 9.17) is 9.47 Å². The number of halogens is 1. The van der Waals surface area contributed by atoms with Gasteiger partial charge in [-0.2, -0.15) is 0 Å². The predicted molar refractivity (Wildman–Crippen MR) is 97.9 cm³/mol. The molecule has 0 radical (unpaired) electrons. The smallest absolute Gasteiger partial charge is 0.237 e. The monoisotopic (exact) mass is 356 g/mol. The molecule has 6 heteroatoms. The van der Waals surface area contributed by atoms with Crippen LogP contribution >= 0.6 is 12.4 Å². The predicted octanol–water partition coefficient (Wildman–Crippen LogP) is 2.59. The van der Waals surface area contributed by atoms with Gasteiger partial charge in [0.15, 0.2) is 0 Å². The summed E-state index contributed by atoms with van der Waals surface area (Å²) in [5.41, 5.74) is 2.14. The van der Waals surface area contributed by atoms with Crippen molar-refractivity contribution in [1.29, 1.82) is 0 Å². The molecule has 0 aliphatic carbocycles. The van der Waals surface area contributed by atoms with Gasteiger partial charge >= 0.3 is 0 Å². The normalized spacial score (nSPS) is 17.0. The fraction of sp³-hybridized carbons (Fsp3) is 0.611. The average Bonchev–Trinajstić information content (AvgIpc) is 2.58. The Morgan fingerprint density at radius 2 is 2.17 bits per heavy atom. The first-order valence-corrected chi connectivity index (χ1v) is 8.52. The molecule has 2 rings (SSSR count). The zero-order valence-corrected chi connectivity index (χ0v) is 15.4. The second-order valence-corrected chi connectivity index (χ2v) is 5.88. The second kappa shape index (κ2) is 11.3. The van der Waals surface area contributed by atoms with Gasteiger partial charge in [0.1, 0.15) is 12.4 Å². The van der Waals surface area contributed by atoms with Crippen molar-refractivity contribution in [3.05, 3.63) is 29.3 Å². The molecule has 1 atom stereocenters. The van der Waals surface area contributed by atoms with Crippen molar-refractivity contribution in [2.45, 2.75) is 45.7 Å². The van der Waals surface area contributed by atoms with Gasteiger partial charge in [-0.05, 0) is 44.9 Å². The fourth-order valence-corrected chi connectivity index (χ4v) is 2.68. The molecule has 1 saturated heterocycles. The van der Waals surface area contributed by atoms with E-state index in [0.717, 1.165) is 42.7 Å². The molecule has 1 aliphatic heterocycles. The average molecular weight is 357 g/mol. The summed E-state index contributed by atoms with van der Waals surface area (Å²) in [5.74, 6) is 0.896. The van der Waals surface area contributed by atoms with Crippen LogP contribution in [0.1, 0.15) is 37.3 Å². The van der Waals surface area contributed by atoms with Crippen molar-refractivity contribution in [3.63, 3.8) is 0 Å². The zero-order valence-electron chi connectivity index (χ0n) is 14.6. The summed E-state index contributed by atoms with van der Waals surface area (Å²) in [6.45, 7) is 7.19. The Kier molecular flexibility index (Phi) is 9.76. The molecule has 1 unspecified atom stereocenters. The summed E-state index contributed by atoms with van der Waals surface area (Å²) in [4.78, 5) is 12.2. The first kappa shape index (κ1) is 20.7. The number of benzene rings is 1. The number of amides is 1. The Balaban J connectivity index is 0.00000288. The van der Waals surface area contributed by atoms with E-state index >= 15 is 0 Å². The van der Waals surface area contributed by atoms with E-state index in [1.165, 1.54) is 0 Å². The van der Waals surface area contributed by atoms with Gasteiger partial charge in [0.2, 0.25) is 5.91 Å². The number of carbonyl (C=O) groups excluding carboxylic acids is 1. The van der Waals surface area contributed by atoms with Gasteiger partial charge in [-0.15, -0.1) is 12.4 Å². The molecule has 136 valence electrons. The van der Waals surface area contributed by atoms with E-state index in [9.17, 15) is 4.79 Å². The molecule has 0 spiro atoms. The highest BCUT2D eigenvalue weighted by atomic mass is 35.5. The molecule has 24 heavy (non-hydrogen) atoms. The van der Waals surface area contributed by atoms with Gasteiger partial charge in [0.05, 0.1) is 12.6 Å². The third-order valence-corrected chi connectivity index (χ3v) is 3.99. The van der Waals surface area contributed by atoms with E-state index in [-0.39, 0.29) is 24.4 Å². The molecule has 1 fully saturated rings. The number of nitrogens with one attached hydrogen (secondary N) is 2. The third kappa shape index (κ3) is 6.67.